The Morgan fingerprint density at radius 3 is 2.73 bits per heavy atom. The normalized spacial score (nSPS) is 28.5. The summed E-state index contributed by atoms with van der Waals surface area (Å²) in [5.41, 5.74) is 0.426. The predicted molar refractivity (Wildman–Crippen MR) is 103 cm³/mol. The van der Waals surface area contributed by atoms with Crippen LogP contribution in [-0.4, -0.2) is 35.2 Å². The summed E-state index contributed by atoms with van der Waals surface area (Å²) in [5.74, 6) is 0.968. The minimum Gasteiger partial charge on any atom is -0.497 e. The third-order valence-corrected chi connectivity index (χ3v) is 6.88. The first-order valence-electron chi connectivity index (χ1n) is 9.33. The summed E-state index contributed by atoms with van der Waals surface area (Å²) in [5, 5.41) is 13.2. The monoisotopic (exact) mass is 371 g/mol. The maximum Gasteiger partial charge on any atom is 0.264 e. The lowest BCUT2D eigenvalue weighted by molar-refractivity contribution is -0.114. The molecule has 0 radical (unpaired) electrons. The second kappa shape index (κ2) is 7.05. The van der Waals surface area contributed by atoms with E-state index in [2.05, 4.69) is 0 Å². The van der Waals surface area contributed by atoms with Crippen molar-refractivity contribution in [3.63, 3.8) is 0 Å². The summed E-state index contributed by atoms with van der Waals surface area (Å²) >= 11 is 1.48. The van der Waals surface area contributed by atoms with E-state index in [1.807, 2.05) is 46.7 Å². The zero-order chi connectivity index (χ0) is 18.1. The molecule has 1 aliphatic carbocycles. The van der Waals surface area contributed by atoms with Crippen LogP contribution in [0, 0.1) is 5.92 Å². The molecule has 5 heteroatoms. The van der Waals surface area contributed by atoms with Crippen LogP contribution >= 0.6 is 11.3 Å². The van der Waals surface area contributed by atoms with Crippen LogP contribution in [0.5, 0.6) is 5.75 Å². The highest BCUT2D eigenvalue weighted by Gasteiger charge is 2.50. The number of rotatable bonds is 3. The fraction of sp³-hybridized carbons (Fsp3) is 0.476. The number of hydrogen-bond donors (Lipinski definition) is 1. The molecule has 4 rings (SSSR count). The van der Waals surface area contributed by atoms with E-state index in [4.69, 9.17) is 4.74 Å². The molecule has 1 aromatic heterocycles. The number of hydrogen-bond acceptors (Lipinski definition) is 4. The number of benzene rings is 1. The van der Waals surface area contributed by atoms with Crippen molar-refractivity contribution in [1.29, 1.82) is 0 Å². The Bertz CT molecular complexity index is 758. The fourth-order valence-corrected chi connectivity index (χ4v) is 5.34. The van der Waals surface area contributed by atoms with Crippen LogP contribution in [0.25, 0.3) is 0 Å². The molecule has 1 aliphatic heterocycles. The molecule has 138 valence electrons. The number of fused-ring (bicyclic) bond motifs is 1. The average molecular weight is 372 g/mol. The summed E-state index contributed by atoms with van der Waals surface area (Å²) in [7, 11) is 1.65. The Labute approximate surface area is 158 Å². The molecule has 26 heavy (non-hydrogen) atoms. The first kappa shape index (κ1) is 17.6. The quantitative estimate of drug-likeness (QED) is 0.877. The van der Waals surface area contributed by atoms with Gasteiger partial charge >= 0.3 is 0 Å². The Morgan fingerprint density at radius 2 is 2.04 bits per heavy atom. The van der Waals surface area contributed by atoms with Gasteiger partial charge in [-0.2, -0.15) is 0 Å². The summed E-state index contributed by atoms with van der Waals surface area (Å²) in [6.45, 7) is 0.598. The molecule has 1 amide bonds. The molecule has 0 spiro atoms. The molecule has 1 saturated heterocycles. The number of thiophene rings is 1. The van der Waals surface area contributed by atoms with Crippen LogP contribution < -0.4 is 4.74 Å². The molecule has 1 N–H and O–H groups in total. The lowest BCUT2D eigenvalue weighted by Crippen LogP contribution is -2.56. The predicted octanol–water partition coefficient (Wildman–Crippen LogP) is 4.27. The number of nitrogens with zero attached hydrogens (tertiary/aromatic N) is 1. The Hall–Kier alpha value is -1.85. The summed E-state index contributed by atoms with van der Waals surface area (Å²) in [6, 6.07) is 11.7. The maximum absolute atomic E-state index is 13.2. The van der Waals surface area contributed by atoms with E-state index in [0.717, 1.165) is 41.9 Å². The molecular weight excluding hydrogens is 346 g/mol. The number of likely N-dealkylation sites (tertiary alicyclic amines) is 1. The number of aliphatic hydroxyl groups is 1. The number of ether oxygens (including phenoxy) is 1. The highest BCUT2D eigenvalue weighted by molar-refractivity contribution is 7.12. The van der Waals surface area contributed by atoms with Gasteiger partial charge in [0.2, 0.25) is 0 Å². The number of methoxy groups -OCH3 is 1. The average Bonchev–Trinajstić information content (AvgIpc) is 3.21. The molecule has 0 unspecified atom stereocenters. The molecular formula is C21H25NO3S. The Kier molecular flexibility index (Phi) is 4.76. The maximum atomic E-state index is 13.2. The summed E-state index contributed by atoms with van der Waals surface area (Å²) in [6.07, 6.45) is 4.65. The van der Waals surface area contributed by atoms with Gasteiger partial charge < -0.3 is 14.7 Å². The van der Waals surface area contributed by atoms with E-state index in [9.17, 15) is 9.90 Å². The van der Waals surface area contributed by atoms with E-state index in [-0.39, 0.29) is 17.9 Å². The standard InChI is InChI=1S/C21H25NO3S/c1-25-16-9-7-15(8-10-16)19-17-5-2-3-11-21(17,24)12-13-22(19)20(23)18-6-4-14-26-18/h4,6-10,14,17,19,24H,2-3,5,11-13H2,1H3/t17-,19+,21-/m0/s1. The second-order valence-electron chi connectivity index (χ2n) is 7.40. The van der Waals surface area contributed by atoms with E-state index in [1.165, 1.54) is 11.3 Å². The van der Waals surface area contributed by atoms with Crippen LogP contribution in [0.15, 0.2) is 41.8 Å². The van der Waals surface area contributed by atoms with Crippen molar-refractivity contribution in [3.8, 4) is 5.75 Å². The van der Waals surface area contributed by atoms with Crippen molar-refractivity contribution in [2.75, 3.05) is 13.7 Å². The van der Waals surface area contributed by atoms with Crippen LogP contribution in [0.1, 0.15) is 53.4 Å². The Morgan fingerprint density at radius 1 is 1.23 bits per heavy atom. The van der Waals surface area contributed by atoms with Crippen molar-refractivity contribution >= 4 is 17.2 Å². The molecule has 2 aliphatic rings. The van der Waals surface area contributed by atoms with Crippen molar-refractivity contribution < 1.29 is 14.6 Å². The van der Waals surface area contributed by atoms with Gasteiger partial charge in [0.25, 0.3) is 5.91 Å². The van der Waals surface area contributed by atoms with Gasteiger partial charge in [-0.25, -0.2) is 0 Å². The Balaban J connectivity index is 1.73. The molecule has 3 atom stereocenters. The highest BCUT2D eigenvalue weighted by atomic mass is 32.1. The van der Waals surface area contributed by atoms with Gasteiger partial charge in [0.1, 0.15) is 5.75 Å². The third kappa shape index (κ3) is 3.03. The molecule has 2 fully saturated rings. The summed E-state index contributed by atoms with van der Waals surface area (Å²) < 4.78 is 5.29. The SMILES string of the molecule is COc1ccc([C@@H]2[C@@H]3CCCC[C@]3(O)CCN2C(=O)c2cccs2)cc1. The topological polar surface area (TPSA) is 49.8 Å². The zero-order valence-corrected chi connectivity index (χ0v) is 15.9. The van der Waals surface area contributed by atoms with Gasteiger partial charge in [0.05, 0.1) is 23.6 Å². The minimum atomic E-state index is -0.658. The van der Waals surface area contributed by atoms with Gasteiger partial charge in [-0.3, -0.25) is 4.79 Å². The highest BCUT2D eigenvalue weighted by Crippen LogP contribution is 2.49. The van der Waals surface area contributed by atoms with Gasteiger partial charge in [-0.15, -0.1) is 11.3 Å². The number of amides is 1. The molecule has 4 nitrogen and oxygen atoms in total. The van der Waals surface area contributed by atoms with Gasteiger partial charge in [0.15, 0.2) is 0 Å². The van der Waals surface area contributed by atoms with Gasteiger partial charge in [-0.05, 0) is 48.4 Å². The first-order chi connectivity index (χ1) is 12.6. The number of carbonyl (C=O) groups is 1. The second-order valence-corrected chi connectivity index (χ2v) is 8.35. The van der Waals surface area contributed by atoms with Gasteiger partial charge in [-0.1, -0.05) is 31.0 Å². The zero-order valence-electron chi connectivity index (χ0n) is 15.1. The molecule has 2 heterocycles. The lowest BCUT2D eigenvalue weighted by atomic mass is 9.66. The van der Waals surface area contributed by atoms with Crippen LogP contribution in [-0.2, 0) is 0 Å². The van der Waals surface area contributed by atoms with Crippen molar-refractivity contribution in [1.82, 2.24) is 4.90 Å². The van der Waals surface area contributed by atoms with E-state index in [0.29, 0.717) is 13.0 Å². The smallest absolute Gasteiger partial charge is 0.264 e. The fourth-order valence-electron chi connectivity index (χ4n) is 4.66. The van der Waals surface area contributed by atoms with Crippen LogP contribution in [0.3, 0.4) is 0 Å². The number of carbonyl (C=O) groups excluding carboxylic acids is 1. The van der Waals surface area contributed by atoms with Crippen LogP contribution in [0.2, 0.25) is 0 Å². The van der Waals surface area contributed by atoms with Gasteiger partial charge in [0, 0.05) is 12.5 Å². The van der Waals surface area contributed by atoms with E-state index >= 15 is 0 Å². The largest absolute Gasteiger partial charge is 0.497 e. The minimum absolute atomic E-state index is 0.0773. The first-order valence-corrected chi connectivity index (χ1v) is 10.2. The molecule has 1 saturated carbocycles. The van der Waals surface area contributed by atoms with E-state index in [1.54, 1.807) is 7.11 Å². The lowest BCUT2D eigenvalue weighted by Gasteiger charge is -2.52. The van der Waals surface area contributed by atoms with Crippen molar-refractivity contribution in [2.45, 2.75) is 43.7 Å². The van der Waals surface area contributed by atoms with E-state index < -0.39 is 5.60 Å². The van der Waals surface area contributed by atoms with Crippen molar-refractivity contribution in [2.24, 2.45) is 5.92 Å². The number of piperidine rings is 1. The molecule has 0 bridgehead atoms. The molecule has 1 aromatic carbocycles. The summed E-state index contributed by atoms with van der Waals surface area (Å²) in [4.78, 5) is 15.9. The third-order valence-electron chi connectivity index (χ3n) is 6.02. The molecule has 2 aromatic rings. The van der Waals surface area contributed by atoms with Crippen LogP contribution in [0.4, 0.5) is 0 Å². The van der Waals surface area contributed by atoms with Crippen molar-refractivity contribution in [3.05, 3.63) is 52.2 Å².